The van der Waals surface area contributed by atoms with E-state index in [1.54, 1.807) is 0 Å². The van der Waals surface area contributed by atoms with Crippen LogP contribution in [0.5, 0.6) is 0 Å². The topological polar surface area (TPSA) is 27.8 Å². The van der Waals surface area contributed by atoms with E-state index >= 15 is 0 Å². The minimum absolute atomic E-state index is 0.720. The fourth-order valence-electron chi connectivity index (χ4n) is 1.56. The van der Waals surface area contributed by atoms with Gasteiger partial charge in [0.2, 0.25) is 0 Å². The lowest BCUT2D eigenvalue weighted by Crippen LogP contribution is -2.07. The third-order valence-corrected chi connectivity index (χ3v) is 2.66. The van der Waals surface area contributed by atoms with Gasteiger partial charge >= 0.3 is 0 Å². The zero-order valence-corrected chi connectivity index (χ0v) is 7.82. The highest BCUT2D eigenvalue weighted by atomic mass is 79.9. The van der Waals surface area contributed by atoms with Crippen LogP contribution in [0.4, 0.5) is 0 Å². The van der Waals surface area contributed by atoms with Crippen molar-refractivity contribution in [1.82, 2.24) is 10.3 Å². The molecular formula is C8H11BrN2. The standard InChI is InChI=1S/C8H11BrN2/c9-8-3-7(5-11-8)6-1-2-10-4-6/h3,5-6,10-11H,1-2,4H2. The maximum absolute atomic E-state index is 3.40. The molecule has 2 heterocycles. The minimum atomic E-state index is 0.720. The highest BCUT2D eigenvalue weighted by Gasteiger charge is 2.16. The van der Waals surface area contributed by atoms with Crippen molar-refractivity contribution >= 4 is 15.9 Å². The normalized spacial score (nSPS) is 24.3. The molecule has 1 saturated heterocycles. The monoisotopic (exact) mass is 214 g/mol. The molecule has 0 saturated carbocycles. The molecule has 1 aliphatic rings. The Labute approximate surface area is 74.5 Å². The van der Waals surface area contributed by atoms with Gasteiger partial charge in [0, 0.05) is 12.7 Å². The van der Waals surface area contributed by atoms with E-state index in [4.69, 9.17) is 0 Å². The Kier molecular flexibility index (Phi) is 2.00. The molecule has 2 N–H and O–H groups in total. The molecule has 1 aromatic heterocycles. The van der Waals surface area contributed by atoms with Crippen molar-refractivity contribution in [2.45, 2.75) is 12.3 Å². The van der Waals surface area contributed by atoms with E-state index in [9.17, 15) is 0 Å². The third-order valence-electron chi connectivity index (χ3n) is 2.20. The highest BCUT2D eigenvalue weighted by Crippen LogP contribution is 2.24. The second-order valence-corrected chi connectivity index (χ2v) is 3.83. The third kappa shape index (κ3) is 1.49. The lowest BCUT2D eigenvalue weighted by Gasteiger charge is -2.02. The molecule has 0 bridgehead atoms. The summed E-state index contributed by atoms with van der Waals surface area (Å²) < 4.78 is 1.08. The van der Waals surface area contributed by atoms with E-state index in [0.717, 1.165) is 23.6 Å². The molecule has 3 heteroatoms. The Morgan fingerprint density at radius 3 is 3.00 bits per heavy atom. The molecule has 0 spiro atoms. The van der Waals surface area contributed by atoms with Gasteiger partial charge < -0.3 is 10.3 Å². The summed E-state index contributed by atoms with van der Waals surface area (Å²) >= 11 is 3.40. The van der Waals surface area contributed by atoms with Crippen molar-refractivity contribution in [2.75, 3.05) is 13.1 Å². The molecule has 2 rings (SSSR count). The first kappa shape index (κ1) is 7.37. The summed E-state index contributed by atoms with van der Waals surface area (Å²) in [6.07, 6.45) is 3.35. The molecule has 1 aromatic rings. The first-order valence-corrected chi connectivity index (χ1v) is 4.70. The van der Waals surface area contributed by atoms with Crippen LogP contribution in [0.2, 0.25) is 0 Å². The quantitative estimate of drug-likeness (QED) is 0.735. The first-order chi connectivity index (χ1) is 5.36. The number of hydrogen-bond donors (Lipinski definition) is 2. The summed E-state index contributed by atoms with van der Waals surface area (Å²) in [5.74, 6) is 0.720. The summed E-state index contributed by atoms with van der Waals surface area (Å²) in [4.78, 5) is 3.13. The number of nitrogens with one attached hydrogen (secondary N) is 2. The van der Waals surface area contributed by atoms with Crippen LogP contribution >= 0.6 is 15.9 Å². The number of halogens is 1. The zero-order valence-electron chi connectivity index (χ0n) is 6.23. The number of H-pyrrole nitrogens is 1. The first-order valence-electron chi connectivity index (χ1n) is 3.91. The van der Waals surface area contributed by atoms with Crippen molar-refractivity contribution < 1.29 is 0 Å². The number of aromatic amines is 1. The van der Waals surface area contributed by atoms with Crippen molar-refractivity contribution in [1.29, 1.82) is 0 Å². The van der Waals surface area contributed by atoms with Crippen LogP contribution in [0.3, 0.4) is 0 Å². The van der Waals surface area contributed by atoms with Crippen LogP contribution in [-0.4, -0.2) is 18.1 Å². The van der Waals surface area contributed by atoms with Crippen LogP contribution in [0.25, 0.3) is 0 Å². The number of hydrogen-bond acceptors (Lipinski definition) is 1. The molecule has 0 aromatic carbocycles. The molecule has 0 radical (unpaired) electrons. The van der Waals surface area contributed by atoms with Gasteiger partial charge in [-0.3, -0.25) is 0 Å². The predicted molar refractivity (Wildman–Crippen MR) is 48.7 cm³/mol. The SMILES string of the molecule is Brc1cc(C2CCNC2)c[nH]1. The van der Waals surface area contributed by atoms with E-state index in [1.807, 2.05) is 0 Å². The molecule has 1 unspecified atom stereocenters. The fourth-order valence-corrected chi connectivity index (χ4v) is 1.94. The summed E-state index contributed by atoms with van der Waals surface area (Å²) in [7, 11) is 0. The van der Waals surface area contributed by atoms with Crippen LogP contribution in [0, 0.1) is 0 Å². The zero-order chi connectivity index (χ0) is 7.68. The molecular weight excluding hydrogens is 204 g/mol. The second-order valence-electron chi connectivity index (χ2n) is 2.97. The van der Waals surface area contributed by atoms with E-state index < -0.39 is 0 Å². The molecule has 1 atom stereocenters. The van der Waals surface area contributed by atoms with Gasteiger partial charge in [-0.25, -0.2) is 0 Å². The Morgan fingerprint density at radius 2 is 2.45 bits per heavy atom. The average molecular weight is 215 g/mol. The van der Waals surface area contributed by atoms with Crippen LogP contribution in [0.1, 0.15) is 17.9 Å². The Morgan fingerprint density at radius 1 is 1.55 bits per heavy atom. The van der Waals surface area contributed by atoms with Crippen molar-refractivity contribution in [3.05, 3.63) is 22.4 Å². The number of aromatic nitrogens is 1. The molecule has 1 aliphatic heterocycles. The predicted octanol–water partition coefficient (Wildman–Crippen LogP) is 1.85. The van der Waals surface area contributed by atoms with Gasteiger partial charge in [0.1, 0.15) is 0 Å². The number of rotatable bonds is 1. The Balaban J connectivity index is 2.15. The van der Waals surface area contributed by atoms with Gasteiger partial charge in [0.25, 0.3) is 0 Å². The maximum Gasteiger partial charge on any atom is 0.0823 e. The van der Waals surface area contributed by atoms with Gasteiger partial charge in [0.15, 0.2) is 0 Å². The average Bonchev–Trinajstić information content (AvgIpc) is 2.55. The fraction of sp³-hybridized carbons (Fsp3) is 0.500. The van der Waals surface area contributed by atoms with Gasteiger partial charge in [-0.15, -0.1) is 0 Å². The van der Waals surface area contributed by atoms with Gasteiger partial charge in [-0.2, -0.15) is 0 Å². The van der Waals surface area contributed by atoms with E-state index in [1.165, 1.54) is 12.0 Å². The largest absolute Gasteiger partial charge is 0.356 e. The molecule has 1 fully saturated rings. The summed E-state index contributed by atoms with van der Waals surface area (Å²) in [5.41, 5.74) is 1.42. The molecule has 60 valence electrons. The molecule has 2 nitrogen and oxygen atoms in total. The van der Waals surface area contributed by atoms with E-state index in [-0.39, 0.29) is 0 Å². The lowest BCUT2D eigenvalue weighted by molar-refractivity contribution is 0.764. The molecule has 0 aliphatic carbocycles. The van der Waals surface area contributed by atoms with Crippen LogP contribution < -0.4 is 5.32 Å². The van der Waals surface area contributed by atoms with Gasteiger partial charge in [0.05, 0.1) is 4.60 Å². The molecule has 11 heavy (non-hydrogen) atoms. The molecule has 0 amide bonds. The maximum atomic E-state index is 3.40. The van der Waals surface area contributed by atoms with Gasteiger partial charge in [-0.1, -0.05) is 0 Å². The van der Waals surface area contributed by atoms with E-state index in [0.29, 0.717) is 0 Å². The van der Waals surface area contributed by atoms with Crippen molar-refractivity contribution in [3.63, 3.8) is 0 Å². The van der Waals surface area contributed by atoms with E-state index in [2.05, 4.69) is 38.5 Å². The van der Waals surface area contributed by atoms with Crippen LogP contribution in [-0.2, 0) is 0 Å². The second kappa shape index (κ2) is 2.99. The summed E-state index contributed by atoms with van der Waals surface area (Å²) in [6, 6.07) is 2.16. The summed E-state index contributed by atoms with van der Waals surface area (Å²) in [6.45, 7) is 2.29. The highest BCUT2D eigenvalue weighted by molar-refractivity contribution is 9.10. The minimum Gasteiger partial charge on any atom is -0.356 e. The van der Waals surface area contributed by atoms with Gasteiger partial charge in [-0.05, 0) is 46.4 Å². The van der Waals surface area contributed by atoms with Crippen molar-refractivity contribution in [2.24, 2.45) is 0 Å². The smallest absolute Gasteiger partial charge is 0.0823 e. The Hall–Kier alpha value is -0.280. The van der Waals surface area contributed by atoms with Crippen LogP contribution in [0.15, 0.2) is 16.9 Å². The van der Waals surface area contributed by atoms with Crippen molar-refractivity contribution in [3.8, 4) is 0 Å². The summed E-state index contributed by atoms with van der Waals surface area (Å²) in [5, 5.41) is 3.35. The lowest BCUT2D eigenvalue weighted by atomic mass is 10.0. The Bertz CT molecular complexity index is 238.